The summed E-state index contributed by atoms with van der Waals surface area (Å²) in [7, 11) is 3.12. The molecule has 0 radical (unpaired) electrons. The highest BCUT2D eigenvalue weighted by molar-refractivity contribution is 6.07. The number of pyridine rings is 1. The van der Waals surface area contributed by atoms with Crippen molar-refractivity contribution in [1.29, 1.82) is 0 Å². The van der Waals surface area contributed by atoms with E-state index in [9.17, 15) is 9.59 Å². The van der Waals surface area contributed by atoms with Gasteiger partial charge in [-0.15, -0.1) is 0 Å². The van der Waals surface area contributed by atoms with Gasteiger partial charge in [-0.1, -0.05) is 24.3 Å². The summed E-state index contributed by atoms with van der Waals surface area (Å²) < 4.78 is 5.28. The molecular weight excluding hydrogens is 306 g/mol. The van der Waals surface area contributed by atoms with Crippen molar-refractivity contribution in [3.63, 3.8) is 0 Å². The molecule has 1 aliphatic heterocycles. The highest BCUT2D eigenvalue weighted by atomic mass is 16.5. The molecule has 1 aromatic heterocycles. The number of ether oxygens (including phenoxy) is 1. The predicted molar refractivity (Wildman–Crippen MR) is 90.7 cm³/mol. The van der Waals surface area contributed by atoms with E-state index in [1.807, 2.05) is 30.3 Å². The fourth-order valence-corrected chi connectivity index (χ4v) is 3.52. The molecule has 1 aromatic carbocycles. The maximum atomic E-state index is 13.2. The number of fused-ring (bicyclic) bond motifs is 1. The van der Waals surface area contributed by atoms with Crippen molar-refractivity contribution in [3.8, 4) is 0 Å². The molecule has 0 spiro atoms. The Labute approximate surface area is 140 Å². The lowest BCUT2D eigenvalue weighted by Gasteiger charge is -2.36. The normalized spacial score (nSPS) is 20.3. The molecule has 126 valence electrons. The quantitative estimate of drug-likeness (QED) is 0.926. The van der Waals surface area contributed by atoms with Gasteiger partial charge in [-0.05, 0) is 24.3 Å². The molecule has 1 N–H and O–H groups in total. The highest BCUT2D eigenvalue weighted by Crippen LogP contribution is 2.32. The Hall–Kier alpha value is -2.47. The minimum absolute atomic E-state index is 0.170. The van der Waals surface area contributed by atoms with Crippen molar-refractivity contribution in [3.05, 3.63) is 42.2 Å². The average Bonchev–Trinajstić information content (AvgIpc) is 3.05. The first-order chi connectivity index (χ1) is 11.6. The van der Waals surface area contributed by atoms with Crippen LogP contribution < -0.4 is 5.32 Å². The van der Waals surface area contributed by atoms with E-state index in [1.54, 1.807) is 25.3 Å². The number of likely N-dealkylation sites (tertiary alicyclic amines) is 1. The van der Waals surface area contributed by atoms with Gasteiger partial charge in [0.15, 0.2) is 0 Å². The zero-order valence-electron chi connectivity index (χ0n) is 13.9. The maximum Gasteiger partial charge on any atom is 0.274 e. The molecule has 1 aliphatic rings. The number of carbonyl (C=O) groups excluding carboxylic acids is 2. The van der Waals surface area contributed by atoms with Gasteiger partial charge in [-0.25, -0.2) is 0 Å². The highest BCUT2D eigenvalue weighted by Gasteiger charge is 2.50. The van der Waals surface area contributed by atoms with Crippen molar-refractivity contribution in [2.45, 2.75) is 18.4 Å². The Morgan fingerprint density at radius 1 is 1.33 bits per heavy atom. The molecular formula is C18H21N3O3. The zero-order valence-corrected chi connectivity index (χ0v) is 13.9. The number of hydrogen-bond donors (Lipinski definition) is 1. The van der Waals surface area contributed by atoms with Gasteiger partial charge in [-0.3, -0.25) is 14.6 Å². The fourth-order valence-electron chi connectivity index (χ4n) is 3.52. The van der Waals surface area contributed by atoms with E-state index in [1.165, 1.54) is 0 Å². The summed E-state index contributed by atoms with van der Waals surface area (Å²) in [4.78, 5) is 31.6. The number of hydrogen-bond acceptors (Lipinski definition) is 4. The van der Waals surface area contributed by atoms with E-state index >= 15 is 0 Å². The first-order valence-electron chi connectivity index (χ1n) is 8.01. The van der Waals surface area contributed by atoms with Crippen molar-refractivity contribution in [2.75, 3.05) is 27.3 Å². The smallest absolute Gasteiger partial charge is 0.274 e. The van der Waals surface area contributed by atoms with Gasteiger partial charge in [0, 0.05) is 32.3 Å². The van der Waals surface area contributed by atoms with Crippen molar-refractivity contribution in [2.24, 2.45) is 0 Å². The van der Waals surface area contributed by atoms with Crippen molar-refractivity contribution >= 4 is 22.6 Å². The third-order valence-corrected chi connectivity index (χ3v) is 4.64. The molecule has 3 rings (SSSR count). The van der Waals surface area contributed by atoms with E-state index in [-0.39, 0.29) is 18.4 Å². The molecule has 0 aliphatic carbocycles. The number of likely N-dealkylation sites (N-methyl/N-ethyl adjacent to an activating group) is 1. The number of aromatic nitrogens is 1. The summed E-state index contributed by atoms with van der Waals surface area (Å²) in [5.74, 6) is -0.430. The minimum atomic E-state index is -0.973. The first kappa shape index (κ1) is 16.4. The van der Waals surface area contributed by atoms with E-state index in [2.05, 4.69) is 10.3 Å². The molecule has 2 amide bonds. The van der Waals surface area contributed by atoms with Gasteiger partial charge in [0.05, 0.1) is 6.61 Å². The van der Waals surface area contributed by atoms with Crippen LogP contribution in [0.5, 0.6) is 0 Å². The summed E-state index contributed by atoms with van der Waals surface area (Å²) in [5.41, 5.74) is -0.599. The van der Waals surface area contributed by atoms with Crippen LogP contribution in [-0.2, 0) is 9.53 Å². The van der Waals surface area contributed by atoms with Gasteiger partial charge in [0.25, 0.3) is 5.91 Å². The van der Waals surface area contributed by atoms with Gasteiger partial charge < -0.3 is 15.0 Å². The molecule has 1 fully saturated rings. The number of rotatable bonds is 4. The van der Waals surface area contributed by atoms with E-state index in [0.717, 1.165) is 17.2 Å². The Balaban J connectivity index is 2.05. The first-order valence-corrected chi connectivity index (χ1v) is 8.01. The zero-order chi connectivity index (χ0) is 17.2. The third-order valence-electron chi connectivity index (χ3n) is 4.64. The van der Waals surface area contributed by atoms with Crippen molar-refractivity contribution in [1.82, 2.24) is 15.2 Å². The molecule has 2 aromatic rings. The molecule has 6 nitrogen and oxygen atoms in total. The van der Waals surface area contributed by atoms with Crippen LogP contribution in [-0.4, -0.2) is 54.5 Å². The standard InChI is InChI=1S/C18H21N3O3/c1-19-17(23)18(12-24-2)9-5-11-21(18)16(22)15-14-7-4-3-6-13(14)8-10-20-15/h3-4,6-8,10H,5,9,11-12H2,1-2H3,(H,19,23). The third kappa shape index (κ3) is 2.53. The Bertz CT molecular complexity index is 772. The Morgan fingerprint density at radius 3 is 2.88 bits per heavy atom. The Kier molecular flexibility index (Phi) is 4.49. The van der Waals surface area contributed by atoms with Gasteiger partial charge in [0.1, 0.15) is 11.2 Å². The molecule has 1 unspecified atom stereocenters. The minimum Gasteiger partial charge on any atom is -0.382 e. The molecule has 2 heterocycles. The van der Waals surface area contributed by atoms with Crippen LogP contribution in [0, 0.1) is 0 Å². The topological polar surface area (TPSA) is 71.5 Å². The van der Waals surface area contributed by atoms with Crippen molar-refractivity contribution < 1.29 is 14.3 Å². The number of carbonyl (C=O) groups is 2. The number of benzene rings is 1. The van der Waals surface area contributed by atoms with Gasteiger partial charge in [-0.2, -0.15) is 0 Å². The van der Waals surface area contributed by atoms with Gasteiger partial charge >= 0.3 is 0 Å². The summed E-state index contributed by atoms with van der Waals surface area (Å²) in [6.45, 7) is 0.684. The summed E-state index contributed by atoms with van der Waals surface area (Å²) in [6.07, 6.45) is 2.97. The lowest BCUT2D eigenvalue weighted by atomic mass is 9.95. The average molecular weight is 327 g/mol. The van der Waals surface area contributed by atoms with E-state index in [4.69, 9.17) is 4.74 Å². The van der Waals surface area contributed by atoms with Gasteiger partial charge in [0.2, 0.25) is 5.91 Å². The Morgan fingerprint density at radius 2 is 2.12 bits per heavy atom. The summed E-state index contributed by atoms with van der Waals surface area (Å²) in [5, 5.41) is 4.42. The van der Waals surface area contributed by atoms with Crippen LogP contribution >= 0.6 is 0 Å². The molecule has 0 bridgehead atoms. The molecule has 1 atom stereocenters. The molecule has 0 saturated carbocycles. The number of methoxy groups -OCH3 is 1. The number of nitrogens with one attached hydrogen (secondary N) is 1. The SMILES string of the molecule is CNC(=O)C1(COC)CCCN1C(=O)c1nccc2ccccc12. The maximum absolute atomic E-state index is 13.2. The lowest BCUT2D eigenvalue weighted by molar-refractivity contribution is -0.133. The van der Waals surface area contributed by atoms with Crippen LogP contribution in [0.1, 0.15) is 23.3 Å². The second-order valence-electron chi connectivity index (χ2n) is 5.98. The van der Waals surface area contributed by atoms with Crippen LogP contribution in [0.4, 0.5) is 0 Å². The molecule has 1 saturated heterocycles. The van der Waals surface area contributed by atoms with Crippen LogP contribution in [0.3, 0.4) is 0 Å². The summed E-state index contributed by atoms with van der Waals surface area (Å²) >= 11 is 0. The van der Waals surface area contributed by atoms with Crippen LogP contribution in [0.2, 0.25) is 0 Å². The largest absolute Gasteiger partial charge is 0.382 e. The lowest BCUT2D eigenvalue weighted by Crippen LogP contribution is -2.59. The fraction of sp³-hybridized carbons (Fsp3) is 0.389. The predicted octanol–water partition coefficient (Wildman–Crippen LogP) is 1.60. The molecule has 24 heavy (non-hydrogen) atoms. The van der Waals surface area contributed by atoms with Crippen LogP contribution in [0.25, 0.3) is 10.8 Å². The second-order valence-corrected chi connectivity index (χ2v) is 5.98. The molecule has 6 heteroatoms. The number of nitrogens with zero attached hydrogens (tertiary/aromatic N) is 2. The van der Waals surface area contributed by atoms with E-state index in [0.29, 0.717) is 18.7 Å². The van der Waals surface area contributed by atoms with E-state index < -0.39 is 5.54 Å². The second kappa shape index (κ2) is 6.57. The summed E-state index contributed by atoms with van der Waals surface area (Å²) in [6, 6.07) is 9.50. The van der Waals surface area contributed by atoms with Crippen LogP contribution in [0.15, 0.2) is 36.5 Å². The number of amides is 2. The monoisotopic (exact) mass is 327 g/mol.